The molecule has 0 unspecified atom stereocenters. The van der Waals surface area contributed by atoms with Crippen molar-refractivity contribution < 1.29 is 4.42 Å². The van der Waals surface area contributed by atoms with Crippen molar-refractivity contribution in [3.05, 3.63) is 47.2 Å². The van der Waals surface area contributed by atoms with Crippen molar-refractivity contribution in [3.63, 3.8) is 0 Å². The molecular formula is C16H22N4O. The van der Waals surface area contributed by atoms with Crippen LogP contribution in [-0.2, 0) is 6.54 Å². The Morgan fingerprint density at radius 1 is 1.38 bits per heavy atom. The monoisotopic (exact) mass is 286 g/mol. The number of rotatable bonds is 4. The lowest BCUT2D eigenvalue weighted by Gasteiger charge is -2.09. The molecule has 1 aromatic carbocycles. The Bertz CT molecular complexity index is 624. The Labute approximate surface area is 125 Å². The van der Waals surface area contributed by atoms with Crippen molar-refractivity contribution in [1.29, 1.82) is 0 Å². The molecule has 2 rings (SSSR count). The highest BCUT2D eigenvalue weighted by atomic mass is 16.4. The number of aromatic nitrogens is 1. The molecule has 3 N–H and O–H groups in total. The van der Waals surface area contributed by atoms with Crippen LogP contribution < -0.4 is 11.1 Å². The summed E-state index contributed by atoms with van der Waals surface area (Å²) in [4.78, 5) is 8.52. The maximum Gasteiger partial charge on any atom is 0.216 e. The van der Waals surface area contributed by atoms with Crippen molar-refractivity contribution in [2.75, 3.05) is 5.32 Å². The average Bonchev–Trinajstić information content (AvgIpc) is 2.76. The van der Waals surface area contributed by atoms with E-state index in [0.717, 1.165) is 17.1 Å². The highest BCUT2D eigenvalue weighted by Gasteiger charge is 2.05. The van der Waals surface area contributed by atoms with Crippen LogP contribution in [-0.4, -0.2) is 10.9 Å². The first kappa shape index (κ1) is 15.1. The van der Waals surface area contributed by atoms with E-state index in [-0.39, 0.29) is 0 Å². The lowest BCUT2D eigenvalue weighted by molar-refractivity contribution is 0.473. The molecule has 5 heteroatoms. The van der Waals surface area contributed by atoms with Crippen LogP contribution in [0.15, 0.2) is 33.7 Å². The van der Waals surface area contributed by atoms with Gasteiger partial charge in [0.15, 0.2) is 5.96 Å². The second-order valence-corrected chi connectivity index (χ2v) is 5.36. The zero-order valence-electron chi connectivity index (χ0n) is 13.0. The standard InChI is InChI=1S/C16H22N4O/c1-10(2)13-6-5-7-14(8-13)20-16(17)18-9-15-19-11(3)12(4)21-15/h5-8,10H,9H2,1-4H3,(H3,17,18,20). The lowest BCUT2D eigenvalue weighted by Crippen LogP contribution is -2.22. The van der Waals surface area contributed by atoms with Crippen LogP contribution in [0.25, 0.3) is 0 Å². The number of nitrogens with zero attached hydrogens (tertiary/aromatic N) is 2. The Morgan fingerprint density at radius 3 is 2.76 bits per heavy atom. The molecule has 1 aromatic heterocycles. The number of anilines is 1. The van der Waals surface area contributed by atoms with E-state index in [1.807, 2.05) is 26.0 Å². The smallest absolute Gasteiger partial charge is 0.216 e. The number of nitrogens with two attached hydrogens (primary N) is 1. The molecule has 0 amide bonds. The van der Waals surface area contributed by atoms with Gasteiger partial charge in [0.05, 0.1) is 5.69 Å². The molecule has 0 radical (unpaired) electrons. The zero-order chi connectivity index (χ0) is 15.4. The average molecular weight is 286 g/mol. The molecule has 0 saturated heterocycles. The molecule has 0 fully saturated rings. The van der Waals surface area contributed by atoms with Crippen molar-refractivity contribution in [1.82, 2.24) is 4.98 Å². The summed E-state index contributed by atoms with van der Waals surface area (Å²) in [6, 6.07) is 8.15. The number of nitrogens with one attached hydrogen (secondary N) is 1. The summed E-state index contributed by atoms with van der Waals surface area (Å²) in [6.07, 6.45) is 0. The largest absolute Gasteiger partial charge is 0.444 e. The van der Waals surface area contributed by atoms with Crippen LogP contribution >= 0.6 is 0 Å². The van der Waals surface area contributed by atoms with Gasteiger partial charge in [0, 0.05) is 5.69 Å². The third-order valence-corrected chi connectivity index (χ3v) is 3.28. The molecule has 0 aliphatic carbocycles. The molecule has 112 valence electrons. The van der Waals surface area contributed by atoms with Crippen molar-refractivity contribution in [3.8, 4) is 0 Å². The van der Waals surface area contributed by atoms with Gasteiger partial charge in [-0.1, -0.05) is 26.0 Å². The predicted octanol–water partition coefficient (Wildman–Crippen LogP) is 3.34. The molecule has 5 nitrogen and oxygen atoms in total. The van der Waals surface area contributed by atoms with Gasteiger partial charge in [-0.3, -0.25) is 0 Å². The molecule has 0 aliphatic rings. The number of oxazole rings is 1. The van der Waals surface area contributed by atoms with Crippen LogP contribution in [0.4, 0.5) is 5.69 Å². The summed E-state index contributed by atoms with van der Waals surface area (Å²) in [5.41, 5.74) is 8.97. The minimum Gasteiger partial charge on any atom is -0.444 e. The third-order valence-electron chi connectivity index (χ3n) is 3.28. The quantitative estimate of drug-likeness (QED) is 0.667. The zero-order valence-corrected chi connectivity index (χ0v) is 13.0. The van der Waals surface area contributed by atoms with Gasteiger partial charge in [0.25, 0.3) is 0 Å². The van der Waals surface area contributed by atoms with Crippen molar-refractivity contribution >= 4 is 11.6 Å². The minimum absolute atomic E-state index is 0.331. The summed E-state index contributed by atoms with van der Waals surface area (Å²) in [7, 11) is 0. The Kier molecular flexibility index (Phi) is 4.62. The van der Waals surface area contributed by atoms with Gasteiger partial charge >= 0.3 is 0 Å². The summed E-state index contributed by atoms with van der Waals surface area (Å²) in [5, 5.41) is 3.09. The van der Waals surface area contributed by atoms with Gasteiger partial charge in [-0.25, -0.2) is 9.98 Å². The summed E-state index contributed by atoms with van der Waals surface area (Å²) < 4.78 is 5.46. The maximum atomic E-state index is 5.89. The van der Waals surface area contributed by atoms with Gasteiger partial charge in [-0.15, -0.1) is 0 Å². The van der Waals surface area contributed by atoms with Gasteiger partial charge < -0.3 is 15.5 Å². The molecule has 21 heavy (non-hydrogen) atoms. The number of benzene rings is 1. The summed E-state index contributed by atoms with van der Waals surface area (Å²) in [5.74, 6) is 2.22. The fourth-order valence-corrected chi connectivity index (χ4v) is 1.92. The van der Waals surface area contributed by atoms with Crippen LogP contribution in [0.2, 0.25) is 0 Å². The number of hydrogen-bond donors (Lipinski definition) is 2. The van der Waals surface area contributed by atoms with Gasteiger partial charge in [-0.05, 0) is 37.5 Å². The Balaban J connectivity index is 2.01. The van der Waals surface area contributed by atoms with Crippen LogP contribution in [0.1, 0.15) is 42.7 Å². The Hall–Kier alpha value is -2.30. The minimum atomic E-state index is 0.331. The predicted molar refractivity (Wildman–Crippen MR) is 85.5 cm³/mol. The number of aliphatic imine (C=N–C) groups is 1. The molecule has 0 atom stereocenters. The van der Waals surface area contributed by atoms with Crippen LogP contribution in [0, 0.1) is 13.8 Å². The molecule has 2 aromatic rings. The SMILES string of the molecule is Cc1nc(CN=C(N)Nc2cccc(C(C)C)c2)oc1C. The summed E-state index contributed by atoms with van der Waals surface area (Å²) >= 11 is 0. The fourth-order valence-electron chi connectivity index (χ4n) is 1.92. The van der Waals surface area contributed by atoms with Gasteiger partial charge in [-0.2, -0.15) is 0 Å². The molecular weight excluding hydrogens is 264 g/mol. The fraction of sp³-hybridized carbons (Fsp3) is 0.375. The molecule has 1 heterocycles. The number of hydrogen-bond acceptors (Lipinski definition) is 3. The second-order valence-electron chi connectivity index (χ2n) is 5.36. The summed E-state index contributed by atoms with van der Waals surface area (Å²) in [6.45, 7) is 8.44. The number of aryl methyl sites for hydroxylation is 2. The molecule has 0 saturated carbocycles. The topological polar surface area (TPSA) is 76.4 Å². The highest BCUT2D eigenvalue weighted by molar-refractivity contribution is 5.92. The molecule has 0 spiro atoms. The van der Waals surface area contributed by atoms with Crippen LogP contribution in [0.3, 0.4) is 0 Å². The highest BCUT2D eigenvalue weighted by Crippen LogP contribution is 2.18. The first-order valence-corrected chi connectivity index (χ1v) is 7.05. The first-order chi connectivity index (χ1) is 9.95. The van der Waals surface area contributed by atoms with Crippen LogP contribution in [0.5, 0.6) is 0 Å². The number of guanidine groups is 1. The normalized spacial score (nSPS) is 12.0. The van der Waals surface area contributed by atoms with E-state index in [9.17, 15) is 0 Å². The third kappa shape index (κ3) is 4.08. The van der Waals surface area contributed by atoms with E-state index in [1.54, 1.807) is 0 Å². The van der Waals surface area contributed by atoms with E-state index in [2.05, 4.69) is 41.3 Å². The van der Waals surface area contributed by atoms with E-state index in [4.69, 9.17) is 10.2 Å². The van der Waals surface area contributed by atoms with E-state index in [1.165, 1.54) is 5.56 Å². The molecule has 0 aliphatic heterocycles. The van der Waals surface area contributed by atoms with E-state index in [0.29, 0.717) is 24.3 Å². The van der Waals surface area contributed by atoms with Gasteiger partial charge in [0.2, 0.25) is 5.89 Å². The van der Waals surface area contributed by atoms with E-state index < -0.39 is 0 Å². The first-order valence-electron chi connectivity index (χ1n) is 7.05. The van der Waals surface area contributed by atoms with Crippen molar-refractivity contribution in [2.45, 2.75) is 40.2 Å². The lowest BCUT2D eigenvalue weighted by atomic mass is 10.0. The Morgan fingerprint density at radius 2 is 2.14 bits per heavy atom. The van der Waals surface area contributed by atoms with E-state index >= 15 is 0 Å². The maximum absolute atomic E-state index is 5.89. The second kappa shape index (κ2) is 6.43. The van der Waals surface area contributed by atoms with Gasteiger partial charge in [0.1, 0.15) is 12.3 Å². The van der Waals surface area contributed by atoms with Crippen molar-refractivity contribution in [2.24, 2.45) is 10.7 Å². The molecule has 0 bridgehead atoms.